The number of amidine groups is 1. The third kappa shape index (κ3) is 4.41. The minimum absolute atomic E-state index is 0.337. The molecule has 1 rings (SSSR count). The normalized spacial score (nSPS) is 20.8. The van der Waals surface area contributed by atoms with Crippen molar-refractivity contribution >= 4 is 5.84 Å². The minimum Gasteiger partial charge on any atom is -0.409 e. The lowest BCUT2D eigenvalue weighted by atomic mass is 10.1. The van der Waals surface area contributed by atoms with Gasteiger partial charge in [-0.25, -0.2) is 0 Å². The van der Waals surface area contributed by atoms with E-state index in [-0.39, 0.29) is 6.54 Å². The molecule has 0 bridgehead atoms. The predicted molar refractivity (Wildman–Crippen MR) is 57.8 cm³/mol. The molecule has 0 aromatic heterocycles. The molecule has 0 saturated heterocycles. The SMILES string of the molecule is NC(=NO)C(CNCC1CCCC1)C(F)(F)F. The van der Waals surface area contributed by atoms with Crippen LogP contribution in [0, 0.1) is 11.8 Å². The maximum absolute atomic E-state index is 12.5. The lowest BCUT2D eigenvalue weighted by Crippen LogP contribution is -2.43. The van der Waals surface area contributed by atoms with Crippen LogP contribution in [0.15, 0.2) is 5.16 Å². The molecule has 0 aromatic rings. The first-order chi connectivity index (χ1) is 7.95. The van der Waals surface area contributed by atoms with Gasteiger partial charge in [-0.15, -0.1) is 0 Å². The minimum atomic E-state index is -4.49. The first-order valence-electron chi connectivity index (χ1n) is 5.70. The summed E-state index contributed by atoms with van der Waals surface area (Å²) >= 11 is 0. The van der Waals surface area contributed by atoms with Crippen molar-refractivity contribution < 1.29 is 18.4 Å². The average Bonchev–Trinajstić information content (AvgIpc) is 2.74. The fourth-order valence-corrected chi connectivity index (χ4v) is 2.10. The number of rotatable bonds is 5. The fraction of sp³-hybridized carbons (Fsp3) is 0.900. The van der Waals surface area contributed by atoms with Crippen molar-refractivity contribution in [2.45, 2.75) is 31.9 Å². The van der Waals surface area contributed by atoms with Crippen molar-refractivity contribution in [1.29, 1.82) is 0 Å². The Balaban J connectivity index is 2.38. The Kier molecular flexibility index (Phi) is 5.04. The Hall–Kier alpha value is -0.980. The highest BCUT2D eigenvalue weighted by Gasteiger charge is 2.42. The molecule has 0 radical (unpaired) electrons. The van der Waals surface area contributed by atoms with E-state index in [1.54, 1.807) is 0 Å². The van der Waals surface area contributed by atoms with E-state index in [1.165, 1.54) is 0 Å². The zero-order valence-corrected chi connectivity index (χ0v) is 9.50. The lowest BCUT2D eigenvalue weighted by Gasteiger charge is -2.20. The second kappa shape index (κ2) is 6.09. The molecular weight excluding hydrogens is 235 g/mol. The maximum atomic E-state index is 12.5. The molecule has 1 aliphatic carbocycles. The summed E-state index contributed by atoms with van der Waals surface area (Å²) in [6.45, 7) is 0.223. The molecule has 4 nitrogen and oxygen atoms in total. The van der Waals surface area contributed by atoms with Crippen molar-refractivity contribution in [2.75, 3.05) is 13.1 Å². The summed E-state index contributed by atoms with van der Waals surface area (Å²) in [4.78, 5) is 0. The van der Waals surface area contributed by atoms with Crippen LogP contribution in [-0.2, 0) is 0 Å². The van der Waals surface area contributed by atoms with Gasteiger partial charge in [0.25, 0.3) is 0 Å². The molecule has 0 aliphatic heterocycles. The molecule has 4 N–H and O–H groups in total. The quantitative estimate of drug-likeness (QED) is 0.302. The van der Waals surface area contributed by atoms with Crippen LogP contribution in [-0.4, -0.2) is 30.3 Å². The fourth-order valence-electron chi connectivity index (χ4n) is 2.10. The Morgan fingerprint density at radius 1 is 1.41 bits per heavy atom. The van der Waals surface area contributed by atoms with E-state index >= 15 is 0 Å². The molecule has 0 amide bonds. The van der Waals surface area contributed by atoms with Crippen LogP contribution in [0.5, 0.6) is 0 Å². The second-order valence-electron chi connectivity index (χ2n) is 4.43. The van der Waals surface area contributed by atoms with Gasteiger partial charge in [-0.2, -0.15) is 13.2 Å². The molecule has 0 aromatic carbocycles. The summed E-state index contributed by atoms with van der Waals surface area (Å²) in [5.41, 5.74) is 5.04. The third-order valence-electron chi connectivity index (χ3n) is 3.12. The number of oxime groups is 1. The summed E-state index contributed by atoms with van der Waals surface area (Å²) in [6, 6.07) is 0. The van der Waals surface area contributed by atoms with Gasteiger partial charge in [-0.1, -0.05) is 18.0 Å². The highest BCUT2D eigenvalue weighted by molar-refractivity contribution is 5.83. The standard InChI is InChI=1S/C10H18F3N3O/c11-10(12,13)8(9(14)16-17)6-15-5-7-3-1-2-4-7/h7-8,15,17H,1-6H2,(H2,14,16). The van der Waals surface area contributed by atoms with Crippen molar-refractivity contribution in [3.63, 3.8) is 0 Å². The van der Waals surface area contributed by atoms with E-state index in [4.69, 9.17) is 10.9 Å². The lowest BCUT2D eigenvalue weighted by molar-refractivity contribution is -0.154. The van der Waals surface area contributed by atoms with Crippen LogP contribution < -0.4 is 11.1 Å². The zero-order chi connectivity index (χ0) is 12.9. The number of alkyl halides is 3. The Bertz CT molecular complexity index is 262. The van der Waals surface area contributed by atoms with Crippen molar-refractivity contribution in [3.8, 4) is 0 Å². The highest BCUT2D eigenvalue weighted by atomic mass is 19.4. The number of nitrogens with one attached hydrogen (secondary N) is 1. The van der Waals surface area contributed by atoms with Crippen LogP contribution in [0.25, 0.3) is 0 Å². The first-order valence-corrected chi connectivity index (χ1v) is 5.70. The van der Waals surface area contributed by atoms with Crippen LogP contribution >= 0.6 is 0 Å². The monoisotopic (exact) mass is 253 g/mol. The largest absolute Gasteiger partial charge is 0.409 e. The Morgan fingerprint density at radius 2 is 2.00 bits per heavy atom. The zero-order valence-electron chi connectivity index (χ0n) is 9.50. The van der Waals surface area contributed by atoms with E-state index in [0.717, 1.165) is 25.7 Å². The third-order valence-corrected chi connectivity index (χ3v) is 3.12. The maximum Gasteiger partial charge on any atom is 0.400 e. The predicted octanol–water partition coefficient (Wildman–Crippen LogP) is 1.69. The summed E-state index contributed by atoms with van der Waals surface area (Å²) < 4.78 is 37.6. The molecule has 1 aliphatic rings. The van der Waals surface area contributed by atoms with Crippen molar-refractivity contribution in [3.05, 3.63) is 0 Å². The molecule has 1 atom stereocenters. The van der Waals surface area contributed by atoms with Crippen LogP contribution in [0.1, 0.15) is 25.7 Å². The van der Waals surface area contributed by atoms with Gasteiger partial charge in [0.05, 0.1) is 0 Å². The smallest absolute Gasteiger partial charge is 0.400 e. The number of hydrogen-bond acceptors (Lipinski definition) is 3. The number of nitrogens with two attached hydrogens (primary N) is 1. The molecule has 0 heterocycles. The van der Waals surface area contributed by atoms with Gasteiger partial charge in [-0.3, -0.25) is 0 Å². The summed E-state index contributed by atoms with van der Waals surface area (Å²) in [6.07, 6.45) is -0.0654. The molecule has 1 fully saturated rings. The molecule has 17 heavy (non-hydrogen) atoms. The molecule has 100 valence electrons. The average molecular weight is 253 g/mol. The molecular formula is C10H18F3N3O. The van der Waals surface area contributed by atoms with Gasteiger partial charge in [0.1, 0.15) is 5.92 Å². The Labute approximate surface area is 98.0 Å². The number of nitrogens with zero attached hydrogens (tertiary/aromatic N) is 1. The van der Waals surface area contributed by atoms with E-state index in [9.17, 15) is 13.2 Å². The summed E-state index contributed by atoms with van der Waals surface area (Å²) in [5.74, 6) is -2.26. The van der Waals surface area contributed by atoms with Gasteiger partial charge in [0, 0.05) is 6.54 Å². The molecule has 1 unspecified atom stereocenters. The van der Waals surface area contributed by atoms with E-state index < -0.39 is 17.9 Å². The Morgan fingerprint density at radius 3 is 2.47 bits per heavy atom. The van der Waals surface area contributed by atoms with Gasteiger partial charge < -0.3 is 16.3 Å². The van der Waals surface area contributed by atoms with Crippen LogP contribution in [0.4, 0.5) is 13.2 Å². The van der Waals surface area contributed by atoms with E-state index in [1.807, 2.05) is 0 Å². The highest BCUT2D eigenvalue weighted by Crippen LogP contribution is 2.27. The van der Waals surface area contributed by atoms with Crippen LogP contribution in [0.3, 0.4) is 0 Å². The van der Waals surface area contributed by atoms with Crippen molar-refractivity contribution in [1.82, 2.24) is 5.32 Å². The molecule has 1 saturated carbocycles. The van der Waals surface area contributed by atoms with E-state index in [0.29, 0.717) is 12.5 Å². The molecule has 7 heteroatoms. The van der Waals surface area contributed by atoms with Gasteiger partial charge >= 0.3 is 6.18 Å². The van der Waals surface area contributed by atoms with Crippen molar-refractivity contribution in [2.24, 2.45) is 22.7 Å². The topological polar surface area (TPSA) is 70.6 Å². The summed E-state index contributed by atoms with van der Waals surface area (Å²) in [7, 11) is 0. The number of halogens is 3. The van der Waals surface area contributed by atoms with Gasteiger partial charge in [-0.05, 0) is 25.3 Å². The van der Waals surface area contributed by atoms with E-state index in [2.05, 4.69) is 10.5 Å². The van der Waals surface area contributed by atoms with Crippen LogP contribution in [0.2, 0.25) is 0 Å². The molecule has 0 spiro atoms. The van der Waals surface area contributed by atoms with Gasteiger partial charge in [0.15, 0.2) is 5.84 Å². The second-order valence-corrected chi connectivity index (χ2v) is 4.43. The van der Waals surface area contributed by atoms with Gasteiger partial charge in [0.2, 0.25) is 0 Å². The summed E-state index contributed by atoms with van der Waals surface area (Å²) in [5, 5.41) is 13.5. The first kappa shape index (κ1) is 14.1. The number of hydrogen-bond donors (Lipinski definition) is 3.